The molecule has 0 amide bonds. The van der Waals surface area contributed by atoms with Gasteiger partial charge in [0.15, 0.2) is 0 Å². The number of aromatic nitrogens is 2. The number of rotatable bonds is 3. The van der Waals surface area contributed by atoms with Crippen LogP contribution in [0.5, 0.6) is 0 Å². The van der Waals surface area contributed by atoms with Gasteiger partial charge in [0, 0.05) is 48.7 Å². The van der Waals surface area contributed by atoms with Gasteiger partial charge in [0.1, 0.15) is 5.82 Å². The van der Waals surface area contributed by atoms with Crippen LogP contribution >= 0.6 is 11.6 Å². The van der Waals surface area contributed by atoms with E-state index in [1.807, 2.05) is 19.1 Å². The van der Waals surface area contributed by atoms with Crippen molar-refractivity contribution in [1.29, 1.82) is 0 Å². The summed E-state index contributed by atoms with van der Waals surface area (Å²) >= 11 is 6.65. The van der Waals surface area contributed by atoms with Crippen molar-refractivity contribution in [2.24, 2.45) is 0 Å². The van der Waals surface area contributed by atoms with Crippen molar-refractivity contribution in [2.75, 3.05) is 61.6 Å². The molecule has 2 saturated heterocycles. The second-order valence-electron chi connectivity index (χ2n) is 7.17. The highest BCUT2D eigenvalue weighted by Crippen LogP contribution is 2.35. The normalized spacial score (nSPS) is 20.9. The largest absolute Gasteiger partial charge is 0.379 e. The summed E-state index contributed by atoms with van der Waals surface area (Å²) < 4.78 is 11.4. The first-order chi connectivity index (χ1) is 13.6. The Morgan fingerprint density at radius 2 is 1.89 bits per heavy atom. The lowest BCUT2D eigenvalue weighted by Gasteiger charge is -2.33. The van der Waals surface area contributed by atoms with Crippen LogP contribution in [0.25, 0.3) is 0 Å². The summed E-state index contributed by atoms with van der Waals surface area (Å²) in [6.07, 6.45) is 0.917. The molecule has 2 N–H and O–H groups in total. The average molecular weight is 404 g/mol. The number of halogens is 1. The van der Waals surface area contributed by atoms with Gasteiger partial charge in [-0.2, -0.15) is 4.98 Å². The van der Waals surface area contributed by atoms with Gasteiger partial charge in [-0.15, -0.1) is 0 Å². The van der Waals surface area contributed by atoms with Crippen LogP contribution in [0.4, 0.5) is 17.5 Å². The Labute approximate surface area is 170 Å². The highest BCUT2D eigenvalue weighted by atomic mass is 35.5. The lowest BCUT2D eigenvalue weighted by molar-refractivity contribution is 0.122. The Kier molecular flexibility index (Phi) is 5.85. The van der Waals surface area contributed by atoms with E-state index in [-0.39, 0.29) is 12.0 Å². The third kappa shape index (κ3) is 4.16. The van der Waals surface area contributed by atoms with Crippen LogP contribution < -0.4 is 15.5 Å². The molecule has 2 aromatic rings. The summed E-state index contributed by atoms with van der Waals surface area (Å²) in [6, 6.07) is 8.16. The number of anilines is 3. The lowest BCUT2D eigenvalue weighted by atomic mass is 10.0. The standard InChI is InChI=1S/C20H26ClN5O2/c1-14-11-19(24-20(22)23-14)26-5-2-8-28-13-18(26)16-12-15(3-4-17(16)21)25-6-9-27-10-7-25/h3-4,11-12,18H,2,5-10,13H2,1H3,(H2,22,23,24). The predicted octanol–water partition coefficient (Wildman–Crippen LogP) is 2.83. The van der Waals surface area contributed by atoms with E-state index in [1.165, 1.54) is 0 Å². The Balaban J connectivity index is 1.71. The second-order valence-corrected chi connectivity index (χ2v) is 7.58. The van der Waals surface area contributed by atoms with Gasteiger partial charge in [0.05, 0.1) is 25.9 Å². The molecule has 0 saturated carbocycles. The van der Waals surface area contributed by atoms with E-state index in [1.54, 1.807) is 0 Å². The molecule has 2 fully saturated rings. The van der Waals surface area contributed by atoms with Crippen LogP contribution in [0.1, 0.15) is 23.7 Å². The fourth-order valence-electron chi connectivity index (χ4n) is 3.84. The summed E-state index contributed by atoms with van der Waals surface area (Å²) in [5.74, 6) is 1.10. The summed E-state index contributed by atoms with van der Waals surface area (Å²) in [5, 5.41) is 0.733. The maximum Gasteiger partial charge on any atom is 0.222 e. The molecule has 2 aliphatic rings. The summed E-state index contributed by atoms with van der Waals surface area (Å²) in [7, 11) is 0. The molecule has 3 heterocycles. The van der Waals surface area contributed by atoms with Crippen LogP contribution in [-0.4, -0.2) is 56.0 Å². The van der Waals surface area contributed by atoms with E-state index in [0.29, 0.717) is 13.2 Å². The molecule has 0 bridgehead atoms. The van der Waals surface area contributed by atoms with E-state index in [2.05, 4.69) is 31.9 Å². The first kappa shape index (κ1) is 19.2. The van der Waals surface area contributed by atoms with Crippen molar-refractivity contribution >= 4 is 29.1 Å². The van der Waals surface area contributed by atoms with Crippen molar-refractivity contribution in [2.45, 2.75) is 19.4 Å². The molecule has 1 unspecified atom stereocenters. The number of nitrogens with zero attached hydrogens (tertiary/aromatic N) is 4. The van der Waals surface area contributed by atoms with Gasteiger partial charge in [-0.3, -0.25) is 0 Å². The topological polar surface area (TPSA) is 76.7 Å². The van der Waals surface area contributed by atoms with Gasteiger partial charge in [-0.05, 0) is 37.1 Å². The third-order valence-corrected chi connectivity index (χ3v) is 5.55. The van der Waals surface area contributed by atoms with E-state index in [9.17, 15) is 0 Å². The summed E-state index contributed by atoms with van der Waals surface area (Å²) in [4.78, 5) is 13.3. The van der Waals surface area contributed by atoms with Crippen LogP contribution in [0, 0.1) is 6.92 Å². The molecule has 1 aromatic heterocycles. The Morgan fingerprint density at radius 1 is 1.07 bits per heavy atom. The van der Waals surface area contributed by atoms with Gasteiger partial charge in [-0.25, -0.2) is 4.98 Å². The SMILES string of the molecule is Cc1cc(N2CCCOCC2c2cc(N3CCOCC3)ccc2Cl)nc(N)n1. The lowest BCUT2D eigenvalue weighted by Crippen LogP contribution is -2.36. The summed E-state index contributed by atoms with van der Waals surface area (Å²) in [6.45, 7) is 7.27. The molecular formula is C20H26ClN5O2. The number of hydrogen-bond acceptors (Lipinski definition) is 7. The number of ether oxygens (including phenoxy) is 2. The zero-order valence-electron chi connectivity index (χ0n) is 16.1. The molecule has 2 aliphatic heterocycles. The predicted molar refractivity (Wildman–Crippen MR) is 111 cm³/mol. The first-order valence-electron chi connectivity index (χ1n) is 9.69. The molecule has 8 heteroatoms. The number of morpholine rings is 1. The monoisotopic (exact) mass is 403 g/mol. The van der Waals surface area contributed by atoms with Crippen LogP contribution in [-0.2, 0) is 9.47 Å². The number of benzene rings is 1. The number of nitrogens with two attached hydrogens (primary N) is 1. The molecular weight excluding hydrogens is 378 g/mol. The molecule has 28 heavy (non-hydrogen) atoms. The Morgan fingerprint density at radius 3 is 2.68 bits per heavy atom. The minimum Gasteiger partial charge on any atom is -0.379 e. The number of nitrogen functional groups attached to an aromatic ring is 1. The molecule has 0 spiro atoms. The fraction of sp³-hybridized carbons (Fsp3) is 0.500. The van der Waals surface area contributed by atoms with E-state index < -0.39 is 0 Å². The van der Waals surface area contributed by atoms with E-state index in [4.69, 9.17) is 26.8 Å². The van der Waals surface area contributed by atoms with E-state index >= 15 is 0 Å². The maximum absolute atomic E-state index is 6.65. The molecule has 0 aliphatic carbocycles. The molecule has 1 atom stereocenters. The van der Waals surface area contributed by atoms with Crippen molar-refractivity contribution in [3.63, 3.8) is 0 Å². The number of aryl methyl sites for hydroxylation is 1. The van der Waals surface area contributed by atoms with Crippen molar-refractivity contribution in [3.05, 3.63) is 40.5 Å². The van der Waals surface area contributed by atoms with Gasteiger partial charge >= 0.3 is 0 Å². The van der Waals surface area contributed by atoms with Gasteiger partial charge < -0.3 is 25.0 Å². The first-order valence-corrected chi connectivity index (χ1v) is 10.1. The Hall–Kier alpha value is -2.09. The van der Waals surface area contributed by atoms with Gasteiger partial charge in [0.2, 0.25) is 5.95 Å². The summed E-state index contributed by atoms with van der Waals surface area (Å²) in [5.41, 5.74) is 8.96. The van der Waals surface area contributed by atoms with Crippen molar-refractivity contribution in [1.82, 2.24) is 9.97 Å². The highest BCUT2D eigenvalue weighted by Gasteiger charge is 2.27. The highest BCUT2D eigenvalue weighted by molar-refractivity contribution is 6.31. The van der Waals surface area contributed by atoms with Crippen LogP contribution in [0.2, 0.25) is 5.02 Å². The fourth-order valence-corrected chi connectivity index (χ4v) is 4.08. The minimum absolute atomic E-state index is 0.0373. The Bertz CT molecular complexity index is 808. The maximum atomic E-state index is 6.65. The van der Waals surface area contributed by atoms with Crippen molar-refractivity contribution < 1.29 is 9.47 Å². The zero-order chi connectivity index (χ0) is 19.5. The van der Waals surface area contributed by atoms with Crippen molar-refractivity contribution in [3.8, 4) is 0 Å². The molecule has 4 rings (SSSR count). The average Bonchev–Trinajstić information content (AvgIpc) is 2.94. The molecule has 1 aromatic carbocycles. The number of hydrogen-bond donors (Lipinski definition) is 1. The zero-order valence-corrected chi connectivity index (χ0v) is 16.9. The minimum atomic E-state index is -0.0373. The smallest absolute Gasteiger partial charge is 0.222 e. The quantitative estimate of drug-likeness (QED) is 0.844. The third-order valence-electron chi connectivity index (χ3n) is 5.21. The molecule has 150 valence electrons. The van der Waals surface area contributed by atoms with E-state index in [0.717, 1.165) is 67.1 Å². The van der Waals surface area contributed by atoms with Gasteiger partial charge in [0.25, 0.3) is 0 Å². The second kappa shape index (κ2) is 8.51. The van der Waals surface area contributed by atoms with Gasteiger partial charge in [-0.1, -0.05) is 11.6 Å². The van der Waals surface area contributed by atoms with Crippen LogP contribution in [0.3, 0.4) is 0 Å². The molecule has 7 nitrogen and oxygen atoms in total. The van der Waals surface area contributed by atoms with Crippen LogP contribution in [0.15, 0.2) is 24.3 Å². The molecule has 0 radical (unpaired) electrons.